The Labute approximate surface area is 150 Å². The molecule has 1 N–H and O–H groups in total. The molecule has 25 heavy (non-hydrogen) atoms. The number of H-pyrrole nitrogens is 1. The maximum absolute atomic E-state index is 13.1. The van der Waals surface area contributed by atoms with Crippen molar-refractivity contribution in [3.63, 3.8) is 0 Å². The van der Waals surface area contributed by atoms with E-state index < -0.39 is 0 Å². The molecule has 0 aliphatic carbocycles. The molecule has 0 aliphatic rings. The lowest BCUT2D eigenvalue weighted by atomic mass is 10.1. The summed E-state index contributed by atoms with van der Waals surface area (Å²) in [7, 11) is 1.93. The molecule has 8 heteroatoms. The lowest BCUT2D eigenvalue weighted by Crippen LogP contribution is -2.08. The van der Waals surface area contributed by atoms with Crippen LogP contribution in [-0.2, 0) is 12.8 Å². The molecule has 0 saturated carbocycles. The summed E-state index contributed by atoms with van der Waals surface area (Å²) < 4.78 is 15.0. The summed E-state index contributed by atoms with van der Waals surface area (Å²) in [5, 5.41) is 3.00. The van der Waals surface area contributed by atoms with Crippen LogP contribution in [0.3, 0.4) is 0 Å². The molecule has 0 fully saturated rings. The van der Waals surface area contributed by atoms with Gasteiger partial charge in [0.2, 0.25) is 0 Å². The molecule has 4 aromatic rings. The summed E-state index contributed by atoms with van der Waals surface area (Å²) >= 11 is 2.87. The van der Waals surface area contributed by atoms with Gasteiger partial charge in [-0.25, -0.2) is 14.4 Å². The number of hydrogen-bond acceptors (Lipinski definition) is 5. The average molecular weight is 372 g/mol. The van der Waals surface area contributed by atoms with Crippen molar-refractivity contribution < 1.29 is 4.39 Å². The van der Waals surface area contributed by atoms with Crippen LogP contribution in [0.2, 0.25) is 0 Å². The van der Waals surface area contributed by atoms with E-state index in [2.05, 4.69) is 15.0 Å². The molecule has 1 aromatic carbocycles. The molecule has 0 unspecified atom stereocenters. The van der Waals surface area contributed by atoms with E-state index in [0.29, 0.717) is 21.1 Å². The fourth-order valence-electron chi connectivity index (χ4n) is 2.51. The minimum Gasteiger partial charge on any atom is -0.337 e. The zero-order valence-electron chi connectivity index (χ0n) is 13.2. The molecule has 0 aliphatic heterocycles. The smallest absolute Gasteiger partial charge is 0.260 e. The number of benzene rings is 1. The SMILES string of the molecule is Cn1cncc1CSc1nc2scc(-c3ccc(F)cc3)c2c(=O)[nH]1. The van der Waals surface area contributed by atoms with E-state index in [1.165, 1.54) is 35.2 Å². The van der Waals surface area contributed by atoms with Crippen LogP contribution in [0.5, 0.6) is 0 Å². The van der Waals surface area contributed by atoms with Crippen LogP contribution < -0.4 is 5.56 Å². The van der Waals surface area contributed by atoms with Gasteiger partial charge in [-0.3, -0.25) is 4.79 Å². The second-order valence-electron chi connectivity index (χ2n) is 5.49. The highest BCUT2D eigenvalue weighted by Gasteiger charge is 2.13. The maximum Gasteiger partial charge on any atom is 0.260 e. The standard InChI is InChI=1S/C17H13FN4OS2/c1-22-9-19-6-12(22)7-25-17-20-15(23)14-13(8-24-16(14)21-17)10-2-4-11(18)5-3-10/h2-6,8-9H,7H2,1H3,(H,20,21,23). The molecule has 0 amide bonds. The minimum absolute atomic E-state index is 0.182. The average Bonchev–Trinajstić information content (AvgIpc) is 3.20. The number of nitrogens with one attached hydrogen (secondary N) is 1. The van der Waals surface area contributed by atoms with Gasteiger partial charge < -0.3 is 9.55 Å². The third-order valence-electron chi connectivity index (χ3n) is 3.85. The molecule has 0 spiro atoms. The van der Waals surface area contributed by atoms with Crippen molar-refractivity contribution >= 4 is 33.3 Å². The Kier molecular flexibility index (Phi) is 4.14. The molecule has 3 aromatic heterocycles. The number of aromatic nitrogens is 4. The first-order chi connectivity index (χ1) is 12.1. The quantitative estimate of drug-likeness (QED) is 0.437. The number of rotatable bonds is 4. The highest BCUT2D eigenvalue weighted by Crippen LogP contribution is 2.31. The summed E-state index contributed by atoms with van der Waals surface area (Å²) in [4.78, 5) is 24.7. The number of aryl methyl sites for hydroxylation is 1. The largest absolute Gasteiger partial charge is 0.337 e. The zero-order valence-corrected chi connectivity index (χ0v) is 14.8. The Bertz CT molecular complexity index is 1100. The third kappa shape index (κ3) is 3.10. The van der Waals surface area contributed by atoms with Gasteiger partial charge in [0.05, 0.1) is 11.7 Å². The highest BCUT2D eigenvalue weighted by molar-refractivity contribution is 7.98. The number of hydrogen-bond donors (Lipinski definition) is 1. The topological polar surface area (TPSA) is 63.6 Å². The second kappa shape index (κ2) is 6.45. The van der Waals surface area contributed by atoms with Crippen LogP contribution in [0.15, 0.2) is 52.1 Å². The van der Waals surface area contributed by atoms with Crippen molar-refractivity contribution in [1.29, 1.82) is 0 Å². The summed E-state index contributed by atoms with van der Waals surface area (Å²) in [5.74, 6) is 0.366. The number of imidazole rings is 1. The Balaban J connectivity index is 1.68. The number of aromatic amines is 1. The monoisotopic (exact) mass is 372 g/mol. The molecule has 3 heterocycles. The fourth-order valence-corrected chi connectivity index (χ4v) is 4.39. The molecule has 126 valence electrons. The molecule has 0 radical (unpaired) electrons. The maximum atomic E-state index is 13.1. The van der Waals surface area contributed by atoms with Crippen LogP contribution >= 0.6 is 23.1 Å². The first-order valence-corrected chi connectivity index (χ1v) is 9.34. The van der Waals surface area contributed by atoms with Gasteiger partial charge in [0, 0.05) is 35.6 Å². The third-order valence-corrected chi connectivity index (χ3v) is 5.63. The van der Waals surface area contributed by atoms with Gasteiger partial charge in [0.15, 0.2) is 5.16 Å². The summed E-state index contributed by atoms with van der Waals surface area (Å²) in [6, 6.07) is 6.11. The highest BCUT2D eigenvalue weighted by atomic mass is 32.2. The van der Waals surface area contributed by atoms with E-state index in [1.54, 1.807) is 24.7 Å². The fraction of sp³-hybridized carbons (Fsp3) is 0.118. The predicted octanol–water partition coefficient (Wildman–Crippen LogP) is 3.82. The van der Waals surface area contributed by atoms with Crippen LogP contribution in [0.25, 0.3) is 21.3 Å². The van der Waals surface area contributed by atoms with Gasteiger partial charge in [0.1, 0.15) is 10.6 Å². The number of nitrogens with zero attached hydrogens (tertiary/aromatic N) is 3. The van der Waals surface area contributed by atoms with Crippen LogP contribution in [0, 0.1) is 5.82 Å². The summed E-state index contributed by atoms with van der Waals surface area (Å²) in [6.45, 7) is 0. The van der Waals surface area contributed by atoms with Gasteiger partial charge >= 0.3 is 0 Å². The number of thioether (sulfide) groups is 1. The first-order valence-electron chi connectivity index (χ1n) is 7.47. The predicted molar refractivity (Wildman–Crippen MR) is 98.4 cm³/mol. The van der Waals surface area contributed by atoms with Gasteiger partial charge in [-0.1, -0.05) is 23.9 Å². The van der Waals surface area contributed by atoms with Crippen LogP contribution in [-0.4, -0.2) is 19.5 Å². The van der Waals surface area contributed by atoms with Crippen molar-refractivity contribution in [3.8, 4) is 11.1 Å². The van der Waals surface area contributed by atoms with E-state index >= 15 is 0 Å². The number of fused-ring (bicyclic) bond motifs is 1. The van der Waals surface area contributed by atoms with Crippen LogP contribution in [0.4, 0.5) is 4.39 Å². The Morgan fingerprint density at radius 3 is 2.84 bits per heavy atom. The Morgan fingerprint density at radius 2 is 2.12 bits per heavy atom. The number of halogens is 1. The van der Waals surface area contributed by atoms with Gasteiger partial charge in [0.25, 0.3) is 5.56 Å². The van der Waals surface area contributed by atoms with E-state index in [0.717, 1.165) is 16.8 Å². The van der Waals surface area contributed by atoms with Gasteiger partial charge in [-0.15, -0.1) is 11.3 Å². The van der Waals surface area contributed by atoms with Crippen molar-refractivity contribution in [2.45, 2.75) is 10.9 Å². The molecular formula is C17H13FN4OS2. The van der Waals surface area contributed by atoms with E-state index in [4.69, 9.17) is 0 Å². The molecular weight excluding hydrogens is 359 g/mol. The first kappa shape index (κ1) is 16.0. The second-order valence-corrected chi connectivity index (χ2v) is 7.31. The summed E-state index contributed by atoms with van der Waals surface area (Å²) in [6.07, 6.45) is 3.53. The normalized spacial score (nSPS) is 11.3. The Hall–Kier alpha value is -2.45. The Morgan fingerprint density at radius 1 is 1.32 bits per heavy atom. The van der Waals surface area contributed by atoms with Crippen LogP contribution in [0.1, 0.15) is 5.69 Å². The van der Waals surface area contributed by atoms with E-state index in [-0.39, 0.29) is 11.4 Å². The van der Waals surface area contributed by atoms with E-state index in [9.17, 15) is 9.18 Å². The van der Waals surface area contributed by atoms with Gasteiger partial charge in [-0.05, 0) is 17.7 Å². The van der Waals surface area contributed by atoms with Crippen molar-refractivity contribution in [3.05, 3.63) is 64.0 Å². The molecule has 4 rings (SSSR count). The lowest BCUT2D eigenvalue weighted by Gasteiger charge is -2.03. The number of thiophene rings is 1. The van der Waals surface area contributed by atoms with Gasteiger partial charge in [-0.2, -0.15) is 0 Å². The molecule has 0 atom stereocenters. The molecule has 0 bridgehead atoms. The van der Waals surface area contributed by atoms with Crippen molar-refractivity contribution in [2.75, 3.05) is 0 Å². The van der Waals surface area contributed by atoms with Crippen molar-refractivity contribution in [1.82, 2.24) is 19.5 Å². The van der Waals surface area contributed by atoms with Crippen molar-refractivity contribution in [2.24, 2.45) is 7.05 Å². The van der Waals surface area contributed by atoms with E-state index in [1.807, 2.05) is 17.0 Å². The lowest BCUT2D eigenvalue weighted by molar-refractivity contribution is 0.628. The molecule has 0 saturated heterocycles. The molecule has 5 nitrogen and oxygen atoms in total. The minimum atomic E-state index is -0.302. The summed E-state index contributed by atoms with van der Waals surface area (Å²) in [5.41, 5.74) is 2.44. The zero-order chi connectivity index (χ0) is 17.4.